The highest BCUT2D eigenvalue weighted by atomic mass is 19.4. The van der Waals surface area contributed by atoms with E-state index in [2.05, 4.69) is 21.3 Å². The Hall–Kier alpha value is -2.36. The minimum atomic E-state index is -4.76. The van der Waals surface area contributed by atoms with E-state index in [1.807, 2.05) is 0 Å². The normalized spacial score (nSPS) is 12.2. The fourth-order valence-electron chi connectivity index (χ4n) is 1.39. The summed E-state index contributed by atoms with van der Waals surface area (Å²) in [5.74, 6) is 1.53. The molecule has 0 aliphatic heterocycles. The Morgan fingerprint density at radius 1 is 1.50 bits per heavy atom. The number of alkyl halides is 3. The Morgan fingerprint density at radius 3 is 2.80 bits per heavy atom. The Labute approximate surface area is 114 Å². The number of halogens is 3. The lowest BCUT2D eigenvalue weighted by Gasteiger charge is -2.15. The average Bonchev–Trinajstić information content (AvgIpc) is 2.34. The van der Waals surface area contributed by atoms with Crippen molar-refractivity contribution in [3.63, 3.8) is 0 Å². The van der Waals surface area contributed by atoms with Crippen LogP contribution in [0.1, 0.15) is 6.92 Å². The smallest absolute Gasteiger partial charge is 0.406 e. The predicted octanol–water partition coefficient (Wildman–Crippen LogP) is 2.13. The van der Waals surface area contributed by atoms with Gasteiger partial charge < -0.3 is 15.4 Å². The lowest BCUT2D eigenvalue weighted by molar-refractivity contribution is -0.274. The van der Waals surface area contributed by atoms with Crippen molar-refractivity contribution in [2.24, 2.45) is 0 Å². The van der Waals surface area contributed by atoms with Gasteiger partial charge in [0.25, 0.3) is 0 Å². The van der Waals surface area contributed by atoms with Crippen LogP contribution in [0.25, 0.3) is 0 Å². The van der Waals surface area contributed by atoms with Gasteiger partial charge in [0.1, 0.15) is 11.8 Å². The molecule has 1 unspecified atom stereocenters. The van der Waals surface area contributed by atoms with Crippen LogP contribution in [0.5, 0.6) is 5.75 Å². The molecule has 108 valence electrons. The highest BCUT2D eigenvalue weighted by molar-refractivity contribution is 5.84. The quantitative estimate of drug-likeness (QED) is 0.815. The Bertz CT molecular complexity index is 509. The number of hydrogen-bond donors (Lipinski definition) is 2. The van der Waals surface area contributed by atoms with Crippen LogP contribution >= 0.6 is 0 Å². The van der Waals surface area contributed by atoms with Crippen LogP contribution in [0.4, 0.5) is 18.9 Å². The van der Waals surface area contributed by atoms with E-state index in [4.69, 9.17) is 6.42 Å². The zero-order valence-electron chi connectivity index (χ0n) is 10.6. The van der Waals surface area contributed by atoms with Crippen molar-refractivity contribution >= 4 is 11.6 Å². The van der Waals surface area contributed by atoms with Crippen molar-refractivity contribution in [1.29, 1.82) is 0 Å². The van der Waals surface area contributed by atoms with E-state index >= 15 is 0 Å². The van der Waals surface area contributed by atoms with Crippen LogP contribution in [0.2, 0.25) is 0 Å². The van der Waals surface area contributed by atoms with Crippen LogP contribution in [0.15, 0.2) is 24.3 Å². The number of ether oxygens (including phenoxy) is 1. The summed E-state index contributed by atoms with van der Waals surface area (Å²) in [5, 5.41) is 5.21. The number of carbonyl (C=O) groups is 1. The number of benzene rings is 1. The first-order chi connectivity index (χ1) is 9.31. The molecule has 7 heteroatoms. The summed E-state index contributed by atoms with van der Waals surface area (Å²) in [5.41, 5.74) is 0.329. The number of terminal acetylenes is 1. The first-order valence-electron chi connectivity index (χ1n) is 5.65. The second-order valence-electron chi connectivity index (χ2n) is 3.86. The van der Waals surface area contributed by atoms with E-state index in [1.165, 1.54) is 18.2 Å². The molecular formula is C13H13F3N2O2. The molecule has 0 fully saturated rings. The maximum Gasteiger partial charge on any atom is 0.573 e. The number of amides is 1. The Kier molecular flexibility index (Phi) is 5.26. The fraction of sp³-hybridized carbons (Fsp3) is 0.308. The van der Waals surface area contributed by atoms with E-state index < -0.39 is 12.4 Å². The van der Waals surface area contributed by atoms with Gasteiger partial charge in [-0.2, -0.15) is 0 Å². The molecular weight excluding hydrogens is 273 g/mol. The molecule has 0 saturated carbocycles. The first-order valence-corrected chi connectivity index (χ1v) is 5.65. The summed E-state index contributed by atoms with van der Waals surface area (Å²) < 4.78 is 40.0. The highest BCUT2D eigenvalue weighted by Crippen LogP contribution is 2.25. The highest BCUT2D eigenvalue weighted by Gasteiger charge is 2.31. The molecule has 0 spiro atoms. The maximum absolute atomic E-state index is 12.1. The van der Waals surface area contributed by atoms with Gasteiger partial charge in [-0.3, -0.25) is 4.79 Å². The number of rotatable bonds is 5. The topological polar surface area (TPSA) is 50.4 Å². The van der Waals surface area contributed by atoms with Crippen LogP contribution in [0.3, 0.4) is 0 Å². The van der Waals surface area contributed by atoms with Gasteiger partial charge in [-0.1, -0.05) is 12.0 Å². The number of carbonyl (C=O) groups excluding carboxylic acids is 1. The minimum Gasteiger partial charge on any atom is -0.406 e. The number of anilines is 1. The molecule has 0 aromatic heterocycles. The second kappa shape index (κ2) is 6.70. The molecule has 1 amide bonds. The monoisotopic (exact) mass is 286 g/mol. The molecule has 0 saturated heterocycles. The molecule has 0 heterocycles. The lowest BCUT2D eigenvalue weighted by atomic mass is 10.2. The van der Waals surface area contributed by atoms with Crippen LogP contribution in [-0.4, -0.2) is 24.9 Å². The SMILES string of the molecule is C#CCNC(=O)C(C)Nc1cccc(OC(F)(F)F)c1. The molecule has 0 radical (unpaired) electrons. The summed E-state index contributed by atoms with van der Waals surface area (Å²) in [6.45, 7) is 1.64. The van der Waals surface area contributed by atoms with Crippen molar-refractivity contribution in [2.75, 3.05) is 11.9 Å². The summed E-state index contributed by atoms with van der Waals surface area (Å²) in [6, 6.07) is 4.58. The molecule has 2 N–H and O–H groups in total. The van der Waals surface area contributed by atoms with Gasteiger partial charge >= 0.3 is 6.36 Å². The van der Waals surface area contributed by atoms with E-state index in [1.54, 1.807) is 6.92 Å². The average molecular weight is 286 g/mol. The van der Waals surface area contributed by atoms with Gasteiger partial charge in [-0.05, 0) is 19.1 Å². The van der Waals surface area contributed by atoms with Crippen molar-refractivity contribution < 1.29 is 22.7 Å². The molecule has 4 nitrogen and oxygen atoms in total. The van der Waals surface area contributed by atoms with Crippen molar-refractivity contribution in [1.82, 2.24) is 5.32 Å². The summed E-state index contributed by atoms with van der Waals surface area (Å²) in [4.78, 5) is 11.5. The van der Waals surface area contributed by atoms with E-state index in [0.717, 1.165) is 6.07 Å². The Balaban J connectivity index is 2.66. The largest absolute Gasteiger partial charge is 0.573 e. The van der Waals surface area contributed by atoms with Crippen LogP contribution < -0.4 is 15.4 Å². The molecule has 1 rings (SSSR count). The fourth-order valence-corrected chi connectivity index (χ4v) is 1.39. The molecule has 1 aromatic carbocycles. The number of hydrogen-bond acceptors (Lipinski definition) is 3. The summed E-state index contributed by atoms with van der Waals surface area (Å²) in [6.07, 6.45) is 0.244. The van der Waals surface area contributed by atoms with Crippen molar-refractivity contribution in [3.8, 4) is 18.1 Å². The van der Waals surface area contributed by atoms with E-state index in [0.29, 0.717) is 5.69 Å². The third-order valence-electron chi connectivity index (χ3n) is 2.21. The third kappa shape index (κ3) is 5.52. The van der Waals surface area contributed by atoms with E-state index in [-0.39, 0.29) is 18.2 Å². The standard InChI is InChI=1S/C13H13F3N2O2/c1-3-7-17-12(19)9(2)18-10-5-4-6-11(8-10)20-13(14,15)16/h1,4-6,8-9,18H,7H2,2H3,(H,17,19). The second-order valence-corrected chi connectivity index (χ2v) is 3.86. The van der Waals surface area contributed by atoms with Crippen LogP contribution in [-0.2, 0) is 4.79 Å². The summed E-state index contributed by atoms with van der Waals surface area (Å²) in [7, 11) is 0. The van der Waals surface area contributed by atoms with Crippen molar-refractivity contribution in [2.45, 2.75) is 19.3 Å². The molecule has 1 atom stereocenters. The van der Waals surface area contributed by atoms with Gasteiger partial charge in [0, 0.05) is 11.8 Å². The lowest BCUT2D eigenvalue weighted by Crippen LogP contribution is -2.37. The molecule has 0 bridgehead atoms. The molecule has 0 aliphatic rings. The number of nitrogens with one attached hydrogen (secondary N) is 2. The molecule has 20 heavy (non-hydrogen) atoms. The Morgan fingerprint density at radius 2 is 2.20 bits per heavy atom. The van der Waals surface area contributed by atoms with Gasteiger partial charge in [0.05, 0.1) is 6.54 Å². The van der Waals surface area contributed by atoms with Gasteiger partial charge in [-0.25, -0.2) is 0 Å². The van der Waals surface area contributed by atoms with Gasteiger partial charge in [-0.15, -0.1) is 19.6 Å². The van der Waals surface area contributed by atoms with E-state index in [9.17, 15) is 18.0 Å². The third-order valence-corrected chi connectivity index (χ3v) is 2.21. The van der Waals surface area contributed by atoms with Crippen LogP contribution in [0, 0.1) is 12.3 Å². The molecule has 0 aliphatic carbocycles. The first kappa shape index (κ1) is 15.7. The summed E-state index contributed by atoms with van der Waals surface area (Å²) >= 11 is 0. The maximum atomic E-state index is 12.1. The van der Waals surface area contributed by atoms with Gasteiger partial charge in [0.2, 0.25) is 5.91 Å². The van der Waals surface area contributed by atoms with Crippen molar-refractivity contribution in [3.05, 3.63) is 24.3 Å². The zero-order chi connectivity index (χ0) is 15.2. The molecule has 1 aromatic rings. The zero-order valence-corrected chi connectivity index (χ0v) is 10.6. The van der Waals surface area contributed by atoms with Gasteiger partial charge in [0.15, 0.2) is 0 Å². The minimum absolute atomic E-state index is 0.0854. The predicted molar refractivity (Wildman–Crippen MR) is 68.1 cm³/mol.